The number of amides is 1. The van der Waals surface area contributed by atoms with Crippen LogP contribution in [-0.2, 0) is 22.3 Å². The molecular weight excluding hydrogens is 376 g/mol. The van der Waals surface area contributed by atoms with Crippen molar-refractivity contribution >= 4 is 17.3 Å². The molecule has 1 amide bonds. The third-order valence-corrected chi connectivity index (χ3v) is 4.49. The van der Waals surface area contributed by atoms with Gasteiger partial charge in [0.2, 0.25) is 0 Å². The Balaban J connectivity index is 1.78. The van der Waals surface area contributed by atoms with E-state index in [0.717, 1.165) is 18.1 Å². The van der Waals surface area contributed by atoms with E-state index in [-0.39, 0.29) is 23.5 Å². The molecular formula is C20H20F4N2O2. The van der Waals surface area contributed by atoms with Gasteiger partial charge in [-0.05, 0) is 44.0 Å². The molecule has 4 nitrogen and oxygen atoms in total. The van der Waals surface area contributed by atoms with Crippen molar-refractivity contribution in [1.29, 1.82) is 0 Å². The fraction of sp³-hybridized carbons (Fsp3) is 0.350. The van der Waals surface area contributed by atoms with Gasteiger partial charge in [-0.2, -0.15) is 13.2 Å². The second-order valence-electron chi connectivity index (χ2n) is 6.70. The zero-order valence-electron chi connectivity index (χ0n) is 15.2. The molecule has 3 rings (SSSR count). The summed E-state index contributed by atoms with van der Waals surface area (Å²) in [6.07, 6.45) is -4.00. The van der Waals surface area contributed by atoms with Crippen LogP contribution in [0.4, 0.5) is 28.9 Å². The predicted octanol–water partition coefficient (Wildman–Crippen LogP) is 4.88. The van der Waals surface area contributed by atoms with Crippen molar-refractivity contribution < 1.29 is 27.1 Å². The lowest BCUT2D eigenvalue weighted by Crippen LogP contribution is -2.27. The number of ether oxygens (including phenoxy) is 1. The van der Waals surface area contributed by atoms with Gasteiger partial charge in [0, 0.05) is 30.1 Å². The first kappa shape index (κ1) is 20.1. The van der Waals surface area contributed by atoms with Crippen molar-refractivity contribution in [3.05, 3.63) is 58.9 Å². The normalized spacial score (nSPS) is 16.8. The summed E-state index contributed by atoms with van der Waals surface area (Å²) in [4.78, 5) is 12.1. The molecule has 1 aliphatic heterocycles. The monoisotopic (exact) mass is 396 g/mol. The lowest BCUT2D eigenvalue weighted by Gasteiger charge is -2.17. The summed E-state index contributed by atoms with van der Waals surface area (Å²) in [7, 11) is 0. The number of aryl methyl sites for hydroxylation is 1. The van der Waals surface area contributed by atoms with Crippen molar-refractivity contribution in [2.24, 2.45) is 0 Å². The molecule has 0 saturated carbocycles. The van der Waals surface area contributed by atoms with E-state index in [1.54, 1.807) is 19.1 Å². The number of alkyl halides is 3. The van der Waals surface area contributed by atoms with E-state index >= 15 is 0 Å². The molecule has 1 fully saturated rings. The number of rotatable bonds is 5. The SMILES string of the molecule is Cc1ccc(F)c(CNc2ccc(NC(=O)C3CCCO3)cc2C(F)(F)F)c1. The molecule has 28 heavy (non-hydrogen) atoms. The molecule has 0 radical (unpaired) electrons. The van der Waals surface area contributed by atoms with Gasteiger partial charge in [0.15, 0.2) is 0 Å². The Kier molecular flexibility index (Phi) is 5.88. The van der Waals surface area contributed by atoms with Gasteiger partial charge in [0.25, 0.3) is 5.91 Å². The highest BCUT2D eigenvalue weighted by atomic mass is 19.4. The summed E-state index contributed by atoms with van der Waals surface area (Å²) in [6, 6.07) is 7.90. The lowest BCUT2D eigenvalue weighted by atomic mass is 10.1. The summed E-state index contributed by atoms with van der Waals surface area (Å²) in [6.45, 7) is 2.14. The average Bonchev–Trinajstić information content (AvgIpc) is 3.17. The number of hydrogen-bond donors (Lipinski definition) is 2. The van der Waals surface area contributed by atoms with Crippen LogP contribution in [0.25, 0.3) is 0 Å². The summed E-state index contributed by atoms with van der Waals surface area (Å²) in [5.41, 5.74) is -0.0281. The fourth-order valence-corrected chi connectivity index (χ4v) is 3.05. The van der Waals surface area contributed by atoms with Crippen LogP contribution in [-0.4, -0.2) is 18.6 Å². The van der Waals surface area contributed by atoms with Gasteiger partial charge in [0.05, 0.1) is 5.56 Å². The van der Waals surface area contributed by atoms with Crippen LogP contribution in [0.5, 0.6) is 0 Å². The second kappa shape index (κ2) is 8.18. The molecule has 0 spiro atoms. The van der Waals surface area contributed by atoms with Crippen LogP contribution in [0, 0.1) is 12.7 Å². The number of carbonyl (C=O) groups excluding carboxylic acids is 1. The summed E-state index contributed by atoms with van der Waals surface area (Å²) in [5, 5.41) is 5.10. The molecule has 0 aliphatic carbocycles. The molecule has 1 unspecified atom stereocenters. The van der Waals surface area contributed by atoms with Crippen LogP contribution in [0.2, 0.25) is 0 Å². The Labute approximate surface area is 159 Å². The molecule has 2 aromatic rings. The predicted molar refractivity (Wildman–Crippen MR) is 97.5 cm³/mol. The molecule has 1 atom stereocenters. The number of nitrogens with one attached hydrogen (secondary N) is 2. The average molecular weight is 396 g/mol. The molecule has 1 saturated heterocycles. The number of anilines is 2. The highest BCUT2D eigenvalue weighted by molar-refractivity contribution is 5.94. The number of benzene rings is 2. The van der Waals surface area contributed by atoms with E-state index < -0.39 is 29.6 Å². The standard InChI is InChI=1S/C20H20F4N2O2/c1-12-4-6-16(21)13(9-12)11-25-17-7-5-14(10-15(17)20(22,23)24)26-19(27)18-3-2-8-28-18/h4-7,9-10,18,25H,2-3,8,11H2,1H3,(H,26,27). The Morgan fingerprint density at radius 2 is 2.00 bits per heavy atom. The minimum atomic E-state index is -4.64. The van der Waals surface area contributed by atoms with Gasteiger partial charge >= 0.3 is 6.18 Å². The number of halogens is 4. The zero-order chi connectivity index (χ0) is 20.3. The van der Waals surface area contributed by atoms with Crippen molar-refractivity contribution in [2.45, 2.75) is 38.6 Å². The summed E-state index contributed by atoms with van der Waals surface area (Å²) in [5.74, 6) is -0.958. The van der Waals surface area contributed by atoms with E-state index in [0.29, 0.717) is 13.0 Å². The minimum absolute atomic E-state index is 0.0279. The van der Waals surface area contributed by atoms with Crippen LogP contribution in [0.15, 0.2) is 36.4 Å². The highest BCUT2D eigenvalue weighted by Crippen LogP contribution is 2.37. The third-order valence-electron chi connectivity index (χ3n) is 4.49. The minimum Gasteiger partial charge on any atom is -0.380 e. The van der Waals surface area contributed by atoms with E-state index in [1.165, 1.54) is 18.2 Å². The first-order valence-electron chi connectivity index (χ1n) is 8.86. The molecule has 1 aliphatic rings. The summed E-state index contributed by atoms with van der Waals surface area (Å²) < 4.78 is 59.5. The Morgan fingerprint density at radius 3 is 2.68 bits per heavy atom. The van der Waals surface area contributed by atoms with Crippen LogP contribution in [0.1, 0.15) is 29.5 Å². The molecule has 1 heterocycles. The lowest BCUT2D eigenvalue weighted by molar-refractivity contribution is -0.137. The van der Waals surface area contributed by atoms with Gasteiger partial charge in [-0.1, -0.05) is 17.7 Å². The topological polar surface area (TPSA) is 50.4 Å². The number of hydrogen-bond acceptors (Lipinski definition) is 3. The van der Waals surface area contributed by atoms with E-state index in [1.807, 2.05) is 0 Å². The Hall–Kier alpha value is -2.61. The second-order valence-corrected chi connectivity index (χ2v) is 6.70. The molecule has 8 heteroatoms. The van der Waals surface area contributed by atoms with Gasteiger partial charge in [-0.3, -0.25) is 4.79 Å². The molecule has 0 bridgehead atoms. The van der Waals surface area contributed by atoms with Crippen LogP contribution >= 0.6 is 0 Å². The van der Waals surface area contributed by atoms with Gasteiger partial charge in [-0.25, -0.2) is 4.39 Å². The molecule has 0 aromatic heterocycles. The Bertz CT molecular complexity index is 862. The molecule has 2 aromatic carbocycles. The van der Waals surface area contributed by atoms with Gasteiger partial charge in [-0.15, -0.1) is 0 Å². The highest BCUT2D eigenvalue weighted by Gasteiger charge is 2.34. The van der Waals surface area contributed by atoms with Crippen LogP contribution < -0.4 is 10.6 Å². The summed E-state index contributed by atoms with van der Waals surface area (Å²) >= 11 is 0. The van der Waals surface area contributed by atoms with Crippen molar-refractivity contribution in [1.82, 2.24) is 0 Å². The maximum absolute atomic E-state index is 13.8. The molecule has 150 valence electrons. The maximum atomic E-state index is 13.8. The quantitative estimate of drug-likeness (QED) is 0.708. The Morgan fingerprint density at radius 1 is 1.21 bits per heavy atom. The smallest absolute Gasteiger partial charge is 0.380 e. The number of carbonyl (C=O) groups is 1. The van der Waals surface area contributed by atoms with E-state index in [4.69, 9.17) is 4.74 Å². The zero-order valence-corrected chi connectivity index (χ0v) is 15.2. The molecule has 2 N–H and O–H groups in total. The first-order chi connectivity index (χ1) is 13.2. The first-order valence-corrected chi connectivity index (χ1v) is 8.86. The van der Waals surface area contributed by atoms with Gasteiger partial charge in [0.1, 0.15) is 11.9 Å². The third kappa shape index (κ3) is 4.81. The maximum Gasteiger partial charge on any atom is 0.418 e. The fourth-order valence-electron chi connectivity index (χ4n) is 3.05. The van der Waals surface area contributed by atoms with Crippen LogP contribution in [0.3, 0.4) is 0 Å². The van der Waals surface area contributed by atoms with Crippen molar-refractivity contribution in [3.63, 3.8) is 0 Å². The van der Waals surface area contributed by atoms with E-state index in [2.05, 4.69) is 10.6 Å². The van der Waals surface area contributed by atoms with Crippen molar-refractivity contribution in [2.75, 3.05) is 17.2 Å². The van der Waals surface area contributed by atoms with Crippen molar-refractivity contribution in [3.8, 4) is 0 Å². The van der Waals surface area contributed by atoms with E-state index in [9.17, 15) is 22.4 Å². The van der Waals surface area contributed by atoms with Gasteiger partial charge < -0.3 is 15.4 Å². The largest absolute Gasteiger partial charge is 0.418 e.